The van der Waals surface area contributed by atoms with Crippen molar-refractivity contribution < 1.29 is 0 Å². The third-order valence-electron chi connectivity index (χ3n) is 3.12. The van der Waals surface area contributed by atoms with Gasteiger partial charge in [-0.1, -0.05) is 24.2 Å². The number of thiazole rings is 1. The van der Waals surface area contributed by atoms with Gasteiger partial charge in [0.25, 0.3) is 0 Å². The molecule has 0 radical (unpaired) electrons. The second kappa shape index (κ2) is 3.76. The first-order valence-corrected chi connectivity index (χ1v) is 6.29. The summed E-state index contributed by atoms with van der Waals surface area (Å²) in [7, 11) is 4.06. The van der Waals surface area contributed by atoms with E-state index in [2.05, 4.69) is 16.8 Å². The fraction of sp³-hybridized carbons (Fsp3) is 0.727. The highest BCUT2D eigenvalue weighted by Crippen LogP contribution is 2.42. The Balaban J connectivity index is 2.35. The van der Waals surface area contributed by atoms with E-state index in [4.69, 9.17) is 5.73 Å². The molecule has 1 saturated carbocycles. The zero-order valence-electron chi connectivity index (χ0n) is 9.71. The first-order chi connectivity index (χ1) is 7.03. The van der Waals surface area contributed by atoms with Gasteiger partial charge in [-0.15, -0.1) is 0 Å². The SMILES string of the molecule is Cc1nc(N(C)C)sc1C1(N)CCCC1. The minimum absolute atomic E-state index is 0.0873. The van der Waals surface area contributed by atoms with E-state index in [1.165, 1.54) is 17.7 Å². The third kappa shape index (κ3) is 1.88. The van der Waals surface area contributed by atoms with Gasteiger partial charge in [0.05, 0.1) is 11.2 Å². The van der Waals surface area contributed by atoms with Crippen LogP contribution in [0, 0.1) is 6.92 Å². The summed E-state index contributed by atoms with van der Waals surface area (Å²) in [6, 6.07) is 0. The molecular weight excluding hydrogens is 206 g/mol. The number of nitrogens with zero attached hydrogens (tertiary/aromatic N) is 2. The average Bonchev–Trinajstić information content (AvgIpc) is 2.73. The lowest BCUT2D eigenvalue weighted by Crippen LogP contribution is -2.32. The van der Waals surface area contributed by atoms with Crippen LogP contribution in [0.5, 0.6) is 0 Å². The smallest absolute Gasteiger partial charge is 0.185 e. The van der Waals surface area contributed by atoms with Gasteiger partial charge in [0.1, 0.15) is 0 Å². The largest absolute Gasteiger partial charge is 0.354 e. The molecule has 0 unspecified atom stereocenters. The molecule has 0 atom stereocenters. The van der Waals surface area contributed by atoms with Crippen LogP contribution in [0.25, 0.3) is 0 Å². The van der Waals surface area contributed by atoms with E-state index >= 15 is 0 Å². The monoisotopic (exact) mass is 225 g/mol. The van der Waals surface area contributed by atoms with Crippen molar-refractivity contribution in [1.82, 2.24) is 4.98 Å². The van der Waals surface area contributed by atoms with Gasteiger partial charge in [-0.2, -0.15) is 0 Å². The molecule has 0 amide bonds. The molecule has 2 rings (SSSR count). The summed E-state index contributed by atoms with van der Waals surface area (Å²) in [5, 5.41) is 1.07. The van der Waals surface area contributed by atoms with Crippen LogP contribution in [0.4, 0.5) is 5.13 Å². The fourth-order valence-electron chi connectivity index (χ4n) is 2.27. The summed E-state index contributed by atoms with van der Waals surface area (Å²) in [6.45, 7) is 2.08. The van der Waals surface area contributed by atoms with Crippen molar-refractivity contribution in [2.45, 2.75) is 38.1 Å². The Bertz CT molecular complexity index is 351. The lowest BCUT2D eigenvalue weighted by atomic mass is 9.96. The van der Waals surface area contributed by atoms with Gasteiger partial charge in [-0.3, -0.25) is 0 Å². The summed E-state index contributed by atoms with van der Waals surface area (Å²) in [6.07, 6.45) is 4.74. The first kappa shape index (κ1) is 10.9. The number of hydrogen-bond acceptors (Lipinski definition) is 4. The summed E-state index contributed by atoms with van der Waals surface area (Å²) < 4.78 is 0. The number of aryl methyl sites for hydroxylation is 1. The Morgan fingerprint density at radius 1 is 1.33 bits per heavy atom. The summed E-state index contributed by atoms with van der Waals surface area (Å²) in [4.78, 5) is 7.91. The minimum atomic E-state index is -0.0873. The van der Waals surface area contributed by atoms with Crippen LogP contribution < -0.4 is 10.6 Å². The van der Waals surface area contributed by atoms with Crippen molar-refractivity contribution in [2.24, 2.45) is 5.73 Å². The van der Waals surface area contributed by atoms with Crippen LogP contribution in [-0.2, 0) is 5.54 Å². The van der Waals surface area contributed by atoms with Crippen molar-refractivity contribution in [3.63, 3.8) is 0 Å². The van der Waals surface area contributed by atoms with E-state index in [0.29, 0.717) is 0 Å². The second-order valence-electron chi connectivity index (χ2n) is 4.67. The van der Waals surface area contributed by atoms with Crippen molar-refractivity contribution >= 4 is 16.5 Å². The normalized spacial score (nSPS) is 19.5. The van der Waals surface area contributed by atoms with Gasteiger partial charge in [-0.05, 0) is 19.8 Å². The zero-order chi connectivity index (χ0) is 11.1. The maximum absolute atomic E-state index is 6.45. The molecule has 0 saturated heterocycles. The highest BCUT2D eigenvalue weighted by Gasteiger charge is 2.35. The van der Waals surface area contributed by atoms with Crippen molar-refractivity contribution in [2.75, 3.05) is 19.0 Å². The molecule has 1 aromatic rings. The quantitative estimate of drug-likeness (QED) is 0.839. The van der Waals surface area contributed by atoms with E-state index in [-0.39, 0.29) is 5.54 Å². The Hall–Kier alpha value is -0.610. The molecule has 2 N–H and O–H groups in total. The highest BCUT2D eigenvalue weighted by atomic mass is 32.1. The van der Waals surface area contributed by atoms with E-state index in [1.54, 1.807) is 11.3 Å². The maximum atomic E-state index is 6.45. The molecule has 0 aromatic carbocycles. The first-order valence-electron chi connectivity index (χ1n) is 5.47. The van der Waals surface area contributed by atoms with E-state index in [0.717, 1.165) is 23.7 Å². The number of aromatic nitrogens is 1. The summed E-state index contributed by atoms with van der Waals surface area (Å²) in [5.74, 6) is 0. The lowest BCUT2D eigenvalue weighted by molar-refractivity contribution is 0.468. The predicted molar refractivity (Wildman–Crippen MR) is 65.5 cm³/mol. The summed E-state index contributed by atoms with van der Waals surface area (Å²) in [5.41, 5.74) is 7.48. The van der Waals surface area contributed by atoms with Crippen LogP contribution in [0.3, 0.4) is 0 Å². The Kier molecular flexibility index (Phi) is 2.73. The number of anilines is 1. The number of hydrogen-bond donors (Lipinski definition) is 1. The third-order valence-corrected chi connectivity index (χ3v) is 4.66. The Morgan fingerprint density at radius 3 is 2.40 bits per heavy atom. The van der Waals surface area contributed by atoms with E-state index in [1.807, 2.05) is 14.1 Å². The molecule has 84 valence electrons. The molecule has 0 aliphatic heterocycles. The van der Waals surface area contributed by atoms with Gasteiger partial charge in [0.15, 0.2) is 5.13 Å². The molecule has 0 bridgehead atoms. The molecular formula is C11H19N3S. The van der Waals surface area contributed by atoms with Crippen LogP contribution in [0.15, 0.2) is 0 Å². The maximum Gasteiger partial charge on any atom is 0.185 e. The molecule has 15 heavy (non-hydrogen) atoms. The molecule has 1 fully saturated rings. The Morgan fingerprint density at radius 2 is 1.93 bits per heavy atom. The van der Waals surface area contributed by atoms with Gasteiger partial charge < -0.3 is 10.6 Å². The second-order valence-corrected chi connectivity index (χ2v) is 5.65. The number of nitrogens with two attached hydrogens (primary N) is 1. The number of rotatable bonds is 2. The fourth-order valence-corrected chi connectivity index (χ4v) is 3.42. The molecule has 1 aliphatic rings. The van der Waals surface area contributed by atoms with Crippen molar-refractivity contribution in [3.05, 3.63) is 10.6 Å². The van der Waals surface area contributed by atoms with Crippen LogP contribution in [-0.4, -0.2) is 19.1 Å². The molecule has 1 aromatic heterocycles. The summed E-state index contributed by atoms with van der Waals surface area (Å²) >= 11 is 1.75. The molecule has 1 aliphatic carbocycles. The Labute approximate surface area is 95.3 Å². The topological polar surface area (TPSA) is 42.2 Å². The zero-order valence-corrected chi connectivity index (χ0v) is 10.5. The van der Waals surface area contributed by atoms with Crippen molar-refractivity contribution in [3.8, 4) is 0 Å². The molecule has 0 spiro atoms. The van der Waals surface area contributed by atoms with Gasteiger partial charge in [0.2, 0.25) is 0 Å². The van der Waals surface area contributed by atoms with Crippen LogP contribution in [0.1, 0.15) is 36.3 Å². The molecule has 1 heterocycles. The van der Waals surface area contributed by atoms with Gasteiger partial charge in [0, 0.05) is 19.0 Å². The van der Waals surface area contributed by atoms with Crippen LogP contribution in [0.2, 0.25) is 0 Å². The van der Waals surface area contributed by atoms with Crippen LogP contribution >= 0.6 is 11.3 Å². The van der Waals surface area contributed by atoms with Crippen molar-refractivity contribution in [1.29, 1.82) is 0 Å². The van der Waals surface area contributed by atoms with Gasteiger partial charge >= 0.3 is 0 Å². The highest BCUT2D eigenvalue weighted by molar-refractivity contribution is 7.15. The molecule has 3 nitrogen and oxygen atoms in total. The lowest BCUT2D eigenvalue weighted by Gasteiger charge is -2.22. The predicted octanol–water partition coefficient (Wildman–Crippen LogP) is 2.25. The average molecular weight is 225 g/mol. The minimum Gasteiger partial charge on any atom is -0.354 e. The van der Waals surface area contributed by atoms with E-state index < -0.39 is 0 Å². The van der Waals surface area contributed by atoms with E-state index in [9.17, 15) is 0 Å². The molecule has 4 heteroatoms. The van der Waals surface area contributed by atoms with Gasteiger partial charge in [-0.25, -0.2) is 4.98 Å². The standard InChI is InChI=1S/C11H19N3S/c1-8-9(11(12)6-4-5-7-11)15-10(13-8)14(2)3/h4-7,12H2,1-3H3.